The Morgan fingerprint density at radius 1 is 1.41 bits per heavy atom. The first kappa shape index (κ1) is 11.0. The van der Waals surface area contributed by atoms with Crippen LogP contribution in [0.5, 0.6) is 11.5 Å². The van der Waals surface area contributed by atoms with E-state index in [9.17, 15) is 14.7 Å². The number of phenols is 1. The van der Waals surface area contributed by atoms with Crippen molar-refractivity contribution in [2.75, 3.05) is 7.11 Å². The standard InChI is InChI=1S/C11H8O6/c1-16-9-7(12)3-2-5-4-6(10(13)14)11(15)17-8(5)9/h2-4,12H,1H3,(H,13,14). The number of aromatic hydroxyl groups is 1. The molecule has 0 atom stereocenters. The van der Waals surface area contributed by atoms with Gasteiger partial charge in [-0.15, -0.1) is 0 Å². The fourth-order valence-corrected chi connectivity index (χ4v) is 1.49. The molecule has 88 valence electrons. The monoisotopic (exact) mass is 236 g/mol. The number of benzene rings is 1. The van der Waals surface area contributed by atoms with Gasteiger partial charge in [0.05, 0.1) is 7.11 Å². The summed E-state index contributed by atoms with van der Waals surface area (Å²) in [4.78, 5) is 22.1. The molecule has 0 radical (unpaired) electrons. The molecule has 1 aromatic heterocycles. The number of fused-ring (bicyclic) bond motifs is 1. The van der Waals surface area contributed by atoms with Gasteiger partial charge in [-0.05, 0) is 18.2 Å². The Morgan fingerprint density at radius 3 is 2.71 bits per heavy atom. The normalized spacial score (nSPS) is 10.4. The third-order valence-electron chi connectivity index (χ3n) is 2.27. The Kier molecular flexibility index (Phi) is 2.47. The van der Waals surface area contributed by atoms with E-state index in [0.717, 1.165) is 0 Å². The van der Waals surface area contributed by atoms with Crippen LogP contribution in [0.4, 0.5) is 0 Å². The predicted octanol–water partition coefficient (Wildman–Crippen LogP) is 1.21. The van der Waals surface area contributed by atoms with E-state index in [2.05, 4.69) is 0 Å². The maximum atomic E-state index is 11.4. The molecule has 6 heteroatoms. The number of methoxy groups -OCH3 is 1. The number of carbonyl (C=O) groups is 1. The topological polar surface area (TPSA) is 97.0 Å². The average molecular weight is 236 g/mol. The maximum Gasteiger partial charge on any atom is 0.351 e. The third kappa shape index (κ3) is 1.69. The molecule has 2 aromatic rings. The SMILES string of the molecule is COc1c(O)ccc2cc(C(=O)O)c(=O)oc12. The lowest BCUT2D eigenvalue weighted by Crippen LogP contribution is -2.13. The summed E-state index contributed by atoms with van der Waals surface area (Å²) in [6.07, 6.45) is 0. The van der Waals surface area contributed by atoms with Crippen LogP contribution in [0.15, 0.2) is 27.4 Å². The first-order chi connectivity index (χ1) is 8.04. The highest BCUT2D eigenvalue weighted by atomic mass is 16.5. The van der Waals surface area contributed by atoms with E-state index >= 15 is 0 Å². The molecule has 0 saturated carbocycles. The third-order valence-corrected chi connectivity index (χ3v) is 2.27. The molecule has 1 aromatic carbocycles. The lowest BCUT2D eigenvalue weighted by molar-refractivity contribution is 0.0692. The minimum Gasteiger partial charge on any atom is -0.504 e. The second-order valence-electron chi connectivity index (χ2n) is 3.29. The van der Waals surface area contributed by atoms with Gasteiger partial charge < -0.3 is 19.4 Å². The Hall–Kier alpha value is -2.50. The number of hydrogen-bond acceptors (Lipinski definition) is 5. The molecular weight excluding hydrogens is 228 g/mol. The van der Waals surface area contributed by atoms with Gasteiger partial charge in [0.15, 0.2) is 11.3 Å². The zero-order valence-corrected chi connectivity index (χ0v) is 8.76. The van der Waals surface area contributed by atoms with E-state index < -0.39 is 17.2 Å². The molecule has 0 aliphatic carbocycles. The summed E-state index contributed by atoms with van der Waals surface area (Å²) in [6.45, 7) is 0. The summed E-state index contributed by atoms with van der Waals surface area (Å²) in [5, 5.41) is 18.6. The first-order valence-electron chi connectivity index (χ1n) is 4.61. The Bertz CT molecular complexity index is 655. The lowest BCUT2D eigenvalue weighted by atomic mass is 10.1. The molecule has 1 heterocycles. The van der Waals surface area contributed by atoms with Crippen LogP contribution in [0.25, 0.3) is 11.0 Å². The van der Waals surface area contributed by atoms with E-state index in [1.165, 1.54) is 25.3 Å². The van der Waals surface area contributed by atoms with Crippen molar-refractivity contribution in [3.05, 3.63) is 34.2 Å². The summed E-state index contributed by atoms with van der Waals surface area (Å²) in [5.74, 6) is -1.56. The van der Waals surface area contributed by atoms with Crippen LogP contribution in [0, 0.1) is 0 Å². The van der Waals surface area contributed by atoms with Gasteiger partial charge in [0, 0.05) is 5.39 Å². The largest absolute Gasteiger partial charge is 0.504 e. The van der Waals surface area contributed by atoms with Crippen molar-refractivity contribution in [2.45, 2.75) is 0 Å². The van der Waals surface area contributed by atoms with Crippen molar-refractivity contribution in [3.63, 3.8) is 0 Å². The molecular formula is C11H8O6. The van der Waals surface area contributed by atoms with E-state index in [1.807, 2.05) is 0 Å². The van der Waals surface area contributed by atoms with Crippen molar-refractivity contribution < 1.29 is 24.2 Å². The molecule has 6 nitrogen and oxygen atoms in total. The van der Waals surface area contributed by atoms with Crippen LogP contribution in [-0.2, 0) is 0 Å². The van der Waals surface area contributed by atoms with E-state index in [-0.39, 0.29) is 17.1 Å². The van der Waals surface area contributed by atoms with Gasteiger partial charge >= 0.3 is 11.6 Å². The number of phenolic OH excluding ortho intramolecular Hbond substituents is 1. The molecule has 0 spiro atoms. The predicted molar refractivity (Wildman–Crippen MR) is 57.7 cm³/mol. The van der Waals surface area contributed by atoms with Crippen molar-refractivity contribution in [2.24, 2.45) is 0 Å². The zero-order chi connectivity index (χ0) is 12.6. The van der Waals surface area contributed by atoms with Crippen molar-refractivity contribution in [1.29, 1.82) is 0 Å². The maximum absolute atomic E-state index is 11.4. The summed E-state index contributed by atoms with van der Waals surface area (Å²) in [6, 6.07) is 3.93. The number of rotatable bonds is 2. The van der Waals surface area contributed by atoms with E-state index in [1.54, 1.807) is 0 Å². The Labute approximate surface area is 94.7 Å². The molecule has 0 aliphatic heterocycles. The second-order valence-corrected chi connectivity index (χ2v) is 3.29. The number of carboxylic acid groups (broad SMARTS) is 1. The number of carboxylic acids is 1. The smallest absolute Gasteiger partial charge is 0.351 e. The van der Waals surface area contributed by atoms with Gasteiger partial charge in [-0.3, -0.25) is 0 Å². The molecule has 2 rings (SSSR count). The Morgan fingerprint density at radius 2 is 2.12 bits per heavy atom. The second kappa shape index (κ2) is 3.82. The molecule has 0 bridgehead atoms. The lowest BCUT2D eigenvalue weighted by Gasteiger charge is -2.06. The molecule has 0 unspecified atom stereocenters. The highest BCUT2D eigenvalue weighted by Crippen LogP contribution is 2.33. The van der Waals surface area contributed by atoms with Gasteiger partial charge in [-0.2, -0.15) is 0 Å². The molecule has 0 aliphatic rings. The average Bonchev–Trinajstić information content (AvgIpc) is 2.28. The van der Waals surface area contributed by atoms with Gasteiger partial charge in [-0.1, -0.05) is 0 Å². The van der Waals surface area contributed by atoms with Crippen LogP contribution in [0.2, 0.25) is 0 Å². The number of hydrogen-bond donors (Lipinski definition) is 2. The van der Waals surface area contributed by atoms with Crippen LogP contribution in [0.1, 0.15) is 10.4 Å². The van der Waals surface area contributed by atoms with Gasteiger partial charge in [0.2, 0.25) is 5.75 Å². The van der Waals surface area contributed by atoms with Crippen LogP contribution in [-0.4, -0.2) is 23.3 Å². The van der Waals surface area contributed by atoms with Gasteiger partial charge in [-0.25, -0.2) is 9.59 Å². The minimum atomic E-state index is -1.37. The van der Waals surface area contributed by atoms with Crippen molar-refractivity contribution in [3.8, 4) is 11.5 Å². The van der Waals surface area contributed by atoms with Crippen LogP contribution < -0.4 is 10.4 Å². The Balaban J connectivity index is 2.87. The summed E-state index contributed by atoms with van der Waals surface area (Å²) in [7, 11) is 1.31. The molecule has 17 heavy (non-hydrogen) atoms. The first-order valence-corrected chi connectivity index (χ1v) is 4.61. The summed E-state index contributed by atoms with van der Waals surface area (Å²) in [5.41, 5.74) is -1.44. The fraction of sp³-hybridized carbons (Fsp3) is 0.0909. The quantitative estimate of drug-likeness (QED) is 0.760. The highest BCUT2D eigenvalue weighted by molar-refractivity contribution is 5.93. The fourth-order valence-electron chi connectivity index (χ4n) is 1.49. The molecule has 0 amide bonds. The highest BCUT2D eigenvalue weighted by Gasteiger charge is 2.16. The zero-order valence-electron chi connectivity index (χ0n) is 8.76. The van der Waals surface area contributed by atoms with Crippen LogP contribution in [0.3, 0.4) is 0 Å². The summed E-state index contributed by atoms with van der Waals surface area (Å²) < 4.78 is 9.72. The number of ether oxygens (including phenoxy) is 1. The van der Waals surface area contributed by atoms with Crippen LogP contribution >= 0.6 is 0 Å². The van der Waals surface area contributed by atoms with E-state index in [0.29, 0.717) is 5.39 Å². The van der Waals surface area contributed by atoms with Crippen molar-refractivity contribution in [1.82, 2.24) is 0 Å². The van der Waals surface area contributed by atoms with Gasteiger partial charge in [0.25, 0.3) is 0 Å². The molecule has 0 saturated heterocycles. The number of aromatic carboxylic acids is 1. The molecule has 2 N–H and O–H groups in total. The van der Waals surface area contributed by atoms with Crippen molar-refractivity contribution >= 4 is 16.9 Å². The van der Waals surface area contributed by atoms with E-state index in [4.69, 9.17) is 14.3 Å². The van der Waals surface area contributed by atoms with Gasteiger partial charge in [0.1, 0.15) is 5.56 Å². The molecule has 0 fully saturated rings. The minimum absolute atomic E-state index is 0.00320. The summed E-state index contributed by atoms with van der Waals surface area (Å²) >= 11 is 0.